The van der Waals surface area contributed by atoms with Gasteiger partial charge in [-0.15, -0.1) is 0 Å². The molecule has 3 heteroatoms. The molecule has 0 atom stereocenters. The monoisotopic (exact) mass is 287 g/mol. The molecular weight excluding hydrogens is 282 g/mol. The van der Waals surface area contributed by atoms with Crippen molar-refractivity contribution in [2.75, 3.05) is 0 Å². The molecule has 0 aliphatic carbocycles. The van der Waals surface area contributed by atoms with Crippen molar-refractivity contribution in [3.8, 4) is 0 Å². The average molecular weight is 287 g/mol. The van der Waals surface area contributed by atoms with E-state index in [1.54, 1.807) is 0 Å². The van der Waals surface area contributed by atoms with E-state index in [2.05, 4.69) is 13.7 Å². The second kappa shape index (κ2) is 9.58. The van der Waals surface area contributed by atoms with Gasteiger partial charge in [0.1, 0.15) is 0 Å². The third kappa shape index (κ3) is 9.00. The molecule has 0 spiro atoms. The van der Waals surface area contributed by atoms with Crippen LogP contribution in [0, 0.1) is 0 Å². The predicted octanol–water partition coefficient (Wildman–Crippen LogP) is -1.19. The molecule has 0 bridgehead atoms. The molecule has 0 unspecified atom stereocenters. The molecule has 0 aliphatic rings. The van der Waals surface area contributed by atoms with Crippen LogP contribution in [-0.4, -0.2) is 57.5 Å². The van der Waals surface area contributed by atoms with Crippen LogP contribution in [0.3, 0.4) is 0 Å². The van der Waals surface area contributed by atoms with E-state index in [-0.39, 0.29) is 5.48 Å². The fraction of sp³-hybridized carbons (Fsp3) is 0. The van der Waals surface area contributed by atoms with Gasteiger partial charge in [-0.05, 0) is 0 Å². The van der Waals surface area contributed by atoms with Crippen molar-refractivity contribution in [3.63, 3.8) is 0 Å². The first-order valence-corrected chi connectivity index (χ1v) is 5.14. The van der Waals surface area contributed by atoms with Crippen molar-refractivity contribution in [3.05, 3.63) is 9.91 Å². The molecule has 0 aromatic rings. The number of allylic oxidation sites excluding steroid dienone is 1. The zero-order valence-corrected chi connectivity index (χ0v) is 9.98. The topological polar surface area (TPSA) is 31.5 Å². The number of hydrogen-bond acceptors (Lipinski definition) is 0. The molecule has 0 heterocycles. The number of hydrogen-bond donors (Lipinski definition) is 0. The van der Waals surface area contributed by atoms with Gasteiger partial charge in [0.2, 0.25) is 0 Å². The quantitative estimate of drug-likeness (QED) is 0.581. The standard InChI is InChI=1S/C3H3.2In.H2O/c1-3-2;;;/h1-3H;;;1H2. The predicted molar refractivity (Wildman–Crippen MR) is 30.3 cm³/mol. The van der Waals surface area contributed by atoms with E-state index in [9.17, 15) is 0 Å². The third-order valence-electron chi connectivity index (χ3n) is 0.222. The van der Waals surface area contributed by atoms with Crippen LogP contribution in [0.15, 0.2) is 9.91 Å². The molecule has 1 nitrogen and oxygen atoms in total. The summed E-state index contributed by atoms with van der Waals surface area (Å²) in [6, 6.07) is 0. The first-order chi connectivity index (χ1) is 2.41. The maximum absolute atomic E-state index is 2.16. The molecule has 0 amide bonds. The van der Waals surface area contributed by atoms with E-state index in [0.29, 0.717) is 0 Å². The maximum atomic E-state index is 2.16. The van der Waals surface area contributed by atoms with Crippen LogP contribution in [0.5, 0.6) is 0 Å². The first-order valence-electron chi connectivity index (χ1n) is 1.33. The Bertz CT molecular complexity index is 50.8. The summed E-state index contributed by atoms with van der Waals surface area (Å²) in [6.45, 7) is 0. The van der Waals surface area contributed by atoms with Gasteiger partial charge in [0, 0.05) is 0 Å². The molecule has 6 heavy (non-hydrogen) atoms. The van der Waals surface area contributed by atoms with Crippen LogP contribution in [0.25, 0.3) is 0 Å². The molecular formula is C3H5In2O. The summed E-state index contributed by atoms with van der Waals surface area (Å²) in [6.07, 6.45) is 2.12. The zero-order valence-electron chi connectivity index (χ0n) is 3.39. The van der Waals surface area contributed by atoms with Crippen LogP contribution in [0.1, 0.15) is 0 Å². The summed E-state index contributed by atoms with van der Waals surface area (Å²) < 4.78 is 4.32. The van der Waals surface area contributed by atoms with Crippen LogP contribution in [-0.2, 0) is 0 Å². The summed E-state index contributed by atoms with van der Waals surface area (Å²) >= 11 is 2.52. The average Bonchev–Trinajstić information content (AvgIpc) is 1.41. The van der Waals surface area contributed by atoms with Gasteiger partial charge >= 0.3 is 61.9 Å². The van der Waals surface area contributed by atoms with Crippen molar-refractivity contribution in [2.45, 2.75) is 0 Å². The van der Waals surface area contributed by atoms with E-state index in [4.69, 9.17) is 0 Å². The Kier molecular flexibility index (Phi) is 16.5. The normalized spacial score (nSPS) is 7.17. The van der Waals surface area contributed by atoms with E-state index in [1.165, 1.54) is 48.3 Å². The van der Waals surface area contributed by atoms with E-state index in [0.717, 1.165) is 0 Å². The van der Waals surface area contributed by atoms with Crippen molar-refractivity contribution in [1.82, 2.24) is 0 Å². The minimum absolute atomic E-state index is 0. The molecule has 29 valence electrons. The molecule has 0 saturated carbocycles. The Labute approximate surface area is 66.7 Å². The van der Waals surface area contributed by atoms with Gasteiger partial charge in [-0.3, -0.25) is 0 Å². The Morgan fingerprint density at radius 2 is 1.83 bits per heavy atom. The Morgan fingerprint density at radius 3 is 1.83 bits per heavy atom. The summed E-state index contributed by atoms with van der Waals surface area (Å²) in [5.74, 6) is 0. The van der Waals surface area contributed by atoms with Crippen LogP contribution < -0.4 is 0 Å². The molecule has 0 rings (SSSR count). The molecule has 0 aromatic carbocycles. The number of rotatable bonds is 1. The van der Waals surface area contributed by atoms with Crippen LogP contribution in [0.2, 0.25) is 0 Å². The third-order valence-corrected chi connectivity index (χ3v) is 1.49. The van der Waals surface area contributed by atoms with E-state index < -0.39 is 0 Å². The summed E-state index contributed by atoms with van der Waals surface area (Å²) in [5, 5.41) is 0. The van der Waals surface area contributed by atoms with Crippen LogP contribution >= 0.6 is 0 Å². The molecule has 0 saturated heterocycles. The second-order valence-corrected chi connectivity index (χ2v) is 2.77. The molecule has 0 fully saturated rings. The summed E-state index contributed by atoms with van der Waals surface area (Å²) in [7, 11) is 0. The van der Waals surface area contributed by atoms with E-state index in [1.807, 2.05) is 0 Å². The van der Waals surface area contributed by atoms with Gasteiger partial charge in [0.05, 0.1) is 0 Å². The van der Waals surface area contributed by atoms with Gasteiger partial charge in [0.25, 0.3) is 0 Å². The van der Waals surface area contributed by atoms with Crippen molar-refractivity contribution < 1.29 is 5.48 Å². The van der Waals surface area contributed by atoms with E-state index >= 15 is 0 Å². The minimum atomic E-state index is 0. The Hall–Kier alpha value is 1.31. The first kappa shape index (κ1) is 10.3. The fourth-order valence-electron chi connectivity index (χ4n) is 0.0642. The fourth-order valence-corrected chi connectivity index (χ4v) is 2.89. The van der Waals surface area contributed by atoms with Gasteiger partial charge in [-0.2, -0.15) is 0 Å². The SMILES string of the molecule is O.[In]/[CH]=C\[CH]=[In]. The van der Waals surface area contributed by atoms with Crippen molar-refractivity contribution in [2.24, 2.45) is 0 Å². The summed E-state index contributed by atoms with van der Waals surface area (Å²) in [4.78, 5) is 0. The Balaban J connectivity index is 0. The zero-order chi connectivity index (χ0) is 4.12. The van der Waals surface area contributed by atoms with Gasteiger partial charge in [-0.1, -0.05) is 0 Å². The summed E-state index contributed by atoms with van der Waals surface area (Å²) in [5.41, 5.74) is 0. The van der Waals surface area contributed by atoms with Crippen LogP contribution in [0.4, 0.5) is 0 Å². The molecule has 3 radical (unpaired) electrons. The van der Waals surface area contributed by atoms with Gasteiger partial charge in [-0.25, -0.2) is 0 Å². The van der Waals surface area contributed by atoms with Crippen molar-refractivity contribution >= 4 is 52.0 Å². The van der Waals surface area contributed by atoms with Gasteiger partial charge in [0.15, 0.2) is 0 Å². The second-order valence-electron chi connectivity index (χ2n) is 0.577. The van der Waals surface area contributed by atoms with Gasteiger partial charge < -0.3 is 5.48 Å². The molecule has 0 aromatic heterocycles. The molecule has 0 aliphatic heterocycles. The molecule has 2 N–H and O–H groups in total. The Morgan fingerprint density at radius 1 is 1.33 bits per heavy atom. The van der Waals surface area contributed by atoms with Crippen molar-refractivity contribution in [1.29, 1.82) is 0 Å².